The molecule has 1 atom stereocenters. The maximum absolute atomic E-state index is 11.9. The normalized spacial score (nSPS) is 13.5. The SMILES string of the molecule is CCC(N)CCc1ccc(OC(F)(F)F)cc1. The Morgan fingerprint density at radius 1 is 1.24 bits per heavy atom. The Labute approximate surface area is 98.6 Å². The third kappa shape index (κ3) is 5.58. The lowest BCUT2D eigenvalue weighted by Gasteiger charge is -2.10. The fourth-order valence-electron chi connectivity index (χ4n) is 1.41. The Kier molecular flexibility index (Phi) is 4.81. The van der Waals surface area contributed by atoms with Crippen LogP contribution in [0.1, 0.15) is 25.3 Å². The number of halogens is 3. The van der Waals surface area contributed by atoms with Crippen molar-refractivity contribution in [2.45, 2.75) is 38.6 Å². The molecule has 0 aliphatic carbocycles. The molecule has 0 amide bonds. The molecule has 0 heterocycles. The summed E-state index contributed by atoms with van der Waals surface area (Å²) in [5.74, 6) is -0.193. The molecule has 0 radical (unpaired) electrons. The van der Waals surface area contributed by atoms with E-state index in [1.54, 1.807) is 12.1 Å². The zero-order chi connectivity index (χ0) is 12.9. The fraction of sp³-hybridized carbons (Fsp3) is 0.500. The molecule has 2 nitrogen and oxygen atoms in total. The highest BCUT2D eigenvalue weighted by molar-refractivity contribution is 5.27. The van der Waals surface area contributed by atoms with Crippen molar-refractivity contribution in [2.75, 3.05) is 0 Å². The molecule has 0 fully saturated rings. The second kappa shape index (κ2) is 5.91. The molecule has 1 rings (SSSR count). The van der Waals surface area contributed by atoms with Crippen LogP contribution >= 0.6 is 0 Å². The van der Waals surface area contributed by atoms with E-state index in [0.29, 0.717) is 0 Å². The minimum Gasteiger partial charge on any atom is -0.406 e. The number of hydrogen-bond donors (Lipinski definition) is 1. The van der Waals surface area contributed by atoms with Gasteiger partial charge in [-0.3, -0.25) is 0 Å². The van der Waals surface area contributed by atoms with Gasteiger partial charge in [0.25, 0.3) is 0 Å². The summed E-state index contributed by atoms with van der Waals surface area (Å²) in [6.07, 6.45) is -2.14. The van der Waals surface area contributed by atoms with Gasteiger partial charge in [0.15, 0.2) is 0 Å². The van der Waals surface area contributed by atoms with Crippen LogP contribution in [0.5, 0.6) is 5.75 Å². The Hall–Kier alpha value is -1.23. The first-order chi connectivity index (χ1) is 7.90. The first-order valence-electron chi connectivity index (χ1n) is 5.51. The van der Waals surface area contributed by atoms with E-state index in [2.05, 4.69) is 4.74 Å². The third-order valence-corrected chi connectivity index (χ3v) is 2.49. The van der Waals surface area contributed by atoms with E-state index in [1.165, 1.54) is 12.1 Å². The highest BCUT2D eigenvalue weighted by Crippen LogP contribution is 2.23. The zero-order valence-corrected chi connectivity index (χ0v) is 9.63. The molecule has 0 aromatic heterocycles. The summed E-state index contributed by atoms with van der Waals surface area (Å²) < 4.78 is 39.5. The smallest absolute Gasteiger partial charge is 0.406 e. The summed E-state index contributed by atoms with van der Waals surface area (Å²) >= 11 is 0. The van der Waals surface area contributed by atoms with Gasteiger partial charge in [0.2, 0.25) is 0 Å². The van der Waals surface area contributed by atoms with Gasteiger partial charge < -0.3 is 10.5 Å². The molecular weight excluding hydrogens is 231 g/mol. The number of hydrogen-bond acceptors (Lipinski definition) is 2. The second-order valence-electron chi connectivity index (χ2n) is 3.90. The minimum atomic E-state index is -4.63. The quantitative estimate of drug-likeness (QED) is 0.866. The van der Waals surface area contributed by atoms with Gasteiger partial charge in [-0.15, -0.1) is 13.2 Å². The second-order valence-corrected chi connectivity index (χ2v) is 3.90. The summed E-state index contributed by atoms with van der Waals surface area (Å²) in [6.45, 7) is 2.00. The van der Waals surface area contributed by atoms with Crippen molar-refractivity contribution in [1.82, 2.24) is 0 Å². The molecule has 5 heteroatoms. The van der Waals surface area contributed by atoms with Gasteiger partial charge in [0, 0.05) is 6.04 Å². The van der Waals surface area contributed by atoms with Crippen molar-refractivity contribution >= 4 is 0 Å². The van der Waals surface area contributed by atoms with Crippen molar-refractivity contribution < 1.29 is 17.9 Å². The van der Waals surface area contributed by atoms with Crippen LogP contribution < -0.4 is 10.5 Å². The Morgan fingerprint density at radius 3 is 2.29 bits per heavy atom. The van der Waals surface area contributed by atoms with E-state index in [-0.39, 0.29) is 11.8 Å². The molecule has 1 unspecified atom stereocenters. The predicted molar refractivity (Wildman–Crippen MR) is 59.7 cm³/mol. The van der Waals surface area contributed by atoms with Crippen molar-refractivity contribution in [3.8, 4) is 5.75 Å². The summed E-state index contributed by atoms with van der Waals surface area (Å²) in [6, 6.07) is 6.04. The molecule has 0 aliphatic heterocycles. The van der Waals surface area contributed by atoms with Crippen LogP contribution in [0.3, 0.4) is 0 Å². The lowest BCUT2D eigenvalue weighted by atomic mass is 10.0. The van der Waals surface area contributed by atoms with Crippen LogP contribution in [0.25, 0.3) is 0 Å². The predicted octanol–water partition coefficient (Wildman–Crippen LogP) is 3.26. The van der Waals surface area contributed by atoms with Crippen LogP contribution in [0.4, 0.5) is 13.2 Å². The summed E-state index contributed by atoms with van der Waals surface area (Å²) in [4.78, 5) is 0. The van der Waals surface area contributed by atoms with Gasteiger partial charge in [-0.1, -0.05) is 19.1 Å². The number of ether oxygens (including phenoxy) is 1. The average Bonchev–Trinajstić information content (AvgIpc) is 2.25. The van der Waals surface area contributed by atoms with Crippen LogP contribution in [0.2, 0.25) is 0 Å². The van der Waals surface area contributed by atoms with Crippen LogP contribution in [0, 0.1) is 0 Å². The van der Waals surface area contributed by atoms with Crippen molar-refractivity contribution in [3.05, 3.63) is 29.8 Å². The zero-order valence-electron chi connectivity index (χ0n) is 9.63. The van der Waals surface area contributed by atoms with E-state index < -0.39 is 6.36 Å². The van der Waals surface area contributed by atoms with Gasteiger partial charge in [-0.05, 0) is 37.0 Å². The van der Waals surface area contributed by atoms with Gasteiger partial charge >= 0.3 is 6.36 Å². The molecule has 1 aromatic carbocycles. The molecule has 17 heavy (non-hydrogen) atoms. The number of benzene rings is 1. The summed E-state index contributed by atoms with van der Waals surface area (Å²) in [5, 5.41) is 0. The third-order valence-electron chi connectivity index (χ3n) is 2.49. The van der Waals surface area contributed by atoms with Crippen LogP contribution in [-0.4, -0.2) is 12.4 Å². The largest absolute Gasteiger partial charge is 0.573 e. The standard InChI is InChI=1S/C12H16F3NO/c1-2-10(16)6-3-9-4-7-11(8-5-9)17-12(13,14)15/h4-5,7-8,10H,2-3,6,16H2,1H3. The number of aryl methyl sites for hydroxylation is 1. The van der Waals surface area contributed by atoms with Crippen molar-refractivity contribution in [2.24, 2.45) is 5.73 Å². The first kappa shape index (κ1) is 13.8. The fourth-order valence-corrected chi connectivity index (χ4v) is 1.41. The van der Waals surface area contributed by atoms with Gasteiger partial charge in [-0.25, -0.2) is 0 Å². The lowest BCUT2D eigenvalue weighted by Crippen LogP contribution is -2.19. The molecule has 0 spiro atoms. The lowest BCUT2D eigenvalue weighted by molar-refractivity contribution is -0.274. The van der Waals surface area contributed by atoms with Crippen LogP contribution in [0.15, 0.2) is 24.3 Å². The van der Waals surface area contributed by atoms with Gasteiger partial charge in [-0.2, -0.15) is 0 Å². The monoisotopic (exact) mass is 247 g/mol. The maximum atomic E-state index is 11.9. The van der Waals surface area contributed by atoms with Crippen LogP contribution in [-0.2, 0) is 6.42 Å². The van der Waals surface area contributed by atoms with Gasteiger partial charge in [0.05, 0.1) is 0 Å². The average molecular weight is 247 g/mol. The topological polar surface area (TPSA) is 35.2 Å². The van der Waals surface area contributed by atoms with E-state index in [1.807, 2.05) is 6.92 Å². The molecule has 96 valence electrons. The van der Waals surface area contributed by atoms with Gasteiger partial charge in [0.1, 0.15) is 5.75 Å². The van der Waals surface area contributed by atoms with Crippen molar-refractivity contribution in [3.63, 3.8) is 0 Å². The molecular formula is C12H16F3NO. The Balaban J connectivity index is 2.50. The molecule has 2 N–H and O–H groups in total. The van der Waals surface area contributed by atoms with Crippen molar-refractivity contribution in [1.29, 1.82) is 0 Å². The summed E-state index contributed by atoms with van der Waals surface area (Å²) in [5.41, 5.74) is 6.72. The number of alkyl halides is 3. The Morgan fingerprint density at radius 2 is 1.82 bits per heavy atom. The first-order valence-corrected chi connectivity index (χ1v) is 5.51. The van der Waals surface area contributed by atoms with E-state index in [9.17, 15) is 13.2 Å². The van der Waals surface area contributed by atoms with E-state index in [4.69, 9.17) is 5.73 Å². The number of rotatable bonds is 5. The maximum Gasteiger partial charge on any atom is 0.573 e. The molecule has 1 aromatic rings. The highest BCUT2D eigenvalue weighted by Gasteiger charge is 2.30. The molecule has 0 saturated heterocycles. The van der Waals surface area contributed by atoms with E-state index in [0.717, 1.165) is 24.8 Å². The molecule has 0 saturated carbocycles. The number of nitrogens with two attached hydrogens (primary N) is 1. The highest BCUT2D eigenvalue weighted by atomic mass is 19.4. The minimum absolute atomic E-state index is 0.140. The van der Waals surface area contributed by atoms with E-state index >= 15 is 0 Å². The molecule has 0 bridgehead atoms. The summed E-state index contributed by atoms with van der Waals surface area (Å²) in [7, 11) is 0. The Bertz CT molecular complexity index is 335. The molecule has 0 aliphatic rings.